The number of hydrogen-bond acceptors (Lipinski definition) is 4. The third-order valence-corrected chi connectivity index (χ3v) is 3.13. The van der Waals surface area contributed by atoms with Gasteiger partial charge in [-0.1, -0.05) is 0 Å². The molecule has 0 aliphatic heterocycles. The van der Waals surface area contributed by atoms with Gasteiger partial charge in [0.05, 0.1) is 34.0 Å². The van der Waals surface area contributed by atoms with Gasteiger partial charge in [0.2, 0.25) is 0 Å². The van der Waals surface area contributed by atoms with Gasteiger partial charge in [-0.2, -0.15) is 5.10 Å². The van der Waals surface area contributed by atoms with E-state index in [9.17, 15) is 4.79 Å². The fraction of sp³-hybridized carbons (Fsp3) is 0.308. The van der Waals surface area contributed by atoms with E-state index < -0.39 is 5.91 Å². The van der Waals surface area contributed by atoms with Crippen LogP contribution in [0.4, 0.5) is 5.69 Å². The molecule has 0 saturated carbocycles. The van der Waals surface area contributed by atoms with E-state index in [4.69, 9.17) is 11.5 Å². The van der Waals surface area contributed by atoms with Gasteiger partial charge in [0.15, 0.2) is 0 Å². The van der Waals surface area contributed by atoms with Crippen LogP contribution in [-0.2, 0) is 0 Å². The van der Waals surface area contributed by atoms with Crippen LogP contribution in [0.5, 0.6) is 0 Å². The highest BCUT2D eigenvalue weighted by atomic mass is 16.1. The zero-order chi connectivity index (χ0) is 14.3. The van der Waals surface area contributed by atoms with Crippen molar-refractivity contribution in [2.24, 2.45) is 5.73 Å². The Labute approximate surface area is 111 Å². The summed E-state index contributed by atoms with van der Waals surface area (Å²) in [6.45, 7) is 7.29. The number of pyridine rings is 1. The number of nitrogens with zero attached hydrogens (tertiary/aromatic N) is 3. The molecule has 2 aromatic rings. The lowest BCUT2D eigenvalue weighted by Crippen LogP contribution is -2.18. The summed E-state index contributed by atoms with van der Waals surface area (Å²) in [6, 6.07) is 1.78. The maximum absolute atomic E-state index is 11.6. The first-order valence-corrected chi connectivity index (χ1v) is 5.93. The first kappa shape index (κ1) is 13.1. The van der Waals surface area contributed by atoms with Crippen LogP contribution >= 0.6 is 0 Å². The van der Waals surface area contributed by atoms with Crippen molar-refractivity contribution in [1.82, 2.24) is 14.8 Å². The SMILES string of the molecule is Cc1cc(-n2nc(C)c(N)c2C)c(C(N)=O)c(C)n1. The number of primary amides is 1. The molecular formula is C13H17N5O. The second-order valence-electron chi connectivity index (χ2n) is 4.60. The molecule has 2 aromatic heterocycles. The largest absolute Gasteiger partial charge is 0.396 e. The summed E-state index contributed by atoms with van der Waals surface area (Å²) in [6.07, 6.45) is 0. The molecule has 0 saturated heterocycles. The highest BCUT2D eigenvalue weighted by Crippen LogP contribution is 2.23. The normalized spacial score (nSPS) is 10.7. The number of carbonyl (C=O) groups excluding carboxylic acids is 1. The number of hydrogen-bond donors (Lipinski definition) is 2. The molecule has 0 bridgehead atoms. The van der Waals surface area contributed by atoms with Gasteiger partial charge in [0.1, 0.15) is 0 Å². The van der Waals surface area contributed by atoms with Crippen molar-refractivity contribution >= 4 is 11.6 Å². The Kier molecular flexibility index (Phi) is 3.01. The van der Waals surface area contributed by atoms with Gasteiger partial charge in [-0.05, 0) is 33.8 Å². The molecule has 0 aromatic carbocycles. The maximum Gasteiger partial charge on any atom is 0.252 e. The molecule has 0 atom stereocenters. The topological polar surface area (TPSA) is 99.8 Å². The Morgan fingerprint density at radius 3 is 2.32 bits per heavy atom. The fourth-order valence-corrected chi connectivity index (χ4v) is 2.17. The number of amides is 1. The van der Waals surface area contributed by atoms with Gasteiger partial charge in [0, 0.05) is 5.69 Å². The molecule has 0 aliphatic carbocycles. The molecule has 100 valence electrons. The van der Waals surface area contributed by atoms with Crippen molar-refractivity contribution in [2.75, 3.05) is 5.73 Å². The summed E-state index contributed by atoms with van der Waals surface area (Å²) < 4.78 is 1.65. The molecule has 19 heavy (non-hydrogen) atoms. The smallest absolute Gasteiger partial charge is 0.252 e. The highest BCUT2D eigenvalue weighted by molar-refractivity contribution is 5.97. The molecule has 1 amide bonds. The summed E-state index contributed by atoms with van der Waals surface area (Å²) in [4.78, 5) is 15.9. The van der Waals surface area contributed by atoms with Crippen LogP contribution in [0.25, 0.3) is 5.69 Å². The molecule has 0 unspecified atom stereocenters. The standard InChI is InChI=1S/C13H17N5O/c1-6-5-10(11(13(15)19)7(2)16-6)18-9(4)12(14)8(3)17-18/h5H,14H2,1-4H3,(H2,15,19). The lowest BCUT2D eigenvalue weighted by molar-refractivity contribution is 0.0999. The molecule has 4 N–H and O–H groups in total. The van der Waals surface area contributed by atoms with Crippen LogP contribution in [0.3, 0.4) is 0 Å². The van der Waals surface area contributed by atoms with Gasteiger partial charge in [-0.25, -0.2) is 4.68 Å². The lowest BCUT2D eigenvalue weighted by atomic mass is 10.1. The molecule has 0 spiro atoms. The highest BCUT2D eigenvalue weighted by Gasteiger charge is 2.19. The minimum atomic E-state index is -0.522. The number of carbonyl (C=O) groups is 1. The lowest BCUT2D eigenvalue weighted by Gasteiger charge is -2.12. The van der Waals surface area contributed by atoms with Crippen molar-refractivity contribution < 1.29 is 4.79 Å². The van der Waals surface area contributed by atoms with Crippen LogP contribution < -0.4 is 11.5 Å². The Balaban J connectivity index is 2.81. The van der Waals surface area contributed by atoms with Gasteiger partial charge in [-0.3, -0.25) is 9.78 Å². The third kappa shape index (κ3) is 2.05. The summed E-state index contributed by atoms with van der Waals surface area (Å²) in [5.74, 6) is -0.522. The number of rotatable bonds is 2. The van der Waals surface area contributed by atoms with Crippen molar-refractivity contribution in [3.05, 3.63) is 34.4 Å². The monoisotopic (exact) mass is 259 g/mol. The molecule has 0 aliphatic rings. The number of nitrogens with two attached hydrogens (primary N) is 2. The minimum Gasteiger partial charge on any atom is -0.396 e. The molecular weight excluding hydrogens is 242 g/mol. The van der Waals surface area contributed by atoms with E-state index in [2.05, 4.69) is 10.1 Å². The van der Waals surface area contributed by atoms with E-state index in [0.717, 1.165) is 17.1 Å². The van der Waals surface area contributed by atoms with Crippen LogP contribution in [0.1, 0.15) is 33.1 Å². The number of nitrogen functional groups attached to an aromatic ring is 1. The quantitative estimate of drug-likeness (QED) is 0.845. The van der Waals surface area contributed by atoms with E-state index in [-0.39, 0.29) is 0 Å². The van der Waals surface area contributed by atoms with Crippen molar-refractivity contribution in [3.8, 4) is 5.69 Å². The number of aryl methyl sites for hydroxylation is 3. The first-order valence-electron chi connectivity index (χ1n) is 5.93. The van der Waals surface area contributed by atoms with Crippen molar-refractivity contribution in [1.29, 1.82) is 0 Å². The molecule has 2 rings (SSSR count). The van der Waals surface area contributed by atoms with Crippen molar-refractivity contribution in [2.45, 2.75) is 27.7 Å². The van der Waals surface area contributed by atoms with Gasteiger partial charge < -0.3 is 11.5 Å². The van der Waals surface area contributed by atoms with E-state index in [0.29, 0.717) is 22.6 Å². The molecule has 2 heterocycles. The zero-order valence-corrected chi connectivity index (χ0v) is 11.5. The van der Waals surface area contributed by atoms with Gasteiger partial charge in [-0.15, -0.1) is 0 Å². The van der Waals surface area contributed by atoms with Gasteiger partial charge >= 0.3 is 0 Å². The Hall–Kier alpha value is -2.37. The first-order chi connectivity index (χ1) is 8.82. The van der Waals surface area contributed by atoms with Crippen LogP contribution in [-0.4, -0.2) is 20.7 Å². The van der Waals surface area contributed by atoms with E-state index in [1.165, 1.54) is 0 Å². The third-order valence-electron chi connectivity index (χ3n) is 3.13. The van der Waals surface area contributed by atoms with Gasteiger partial charge in [0.25, 0.3) is 5.91 Å². The Morgan fingerprint density at radius 1 is 1.21 bits per heavy atom. The maximum atomic E-state index is 11.6. The predicted octanol–water partition coefficient (Wildman–Crippen LogP) is 1.18. The molecule has 6 nitrogen and oxygen atoms in total. The number of aromatic nitrogens is 3. The summed E-state index contributed by atoms with van der Waals surface area (Å²) in [5.41, 5.74) is 15.9. The second kappa shape index (κ2) is 4.38. The van der Waals surface area contributed by atoms with E-state index >= 15 is 0 Å². The van der Waals surface area contributed by atoms with E-state index in [1.807, 2.05) is 20.8 Å². The average Bonchev–Trinajstić information content (AvgIpc) is 2.55. The molecule has 0 radical (unpaired) electrons. The summed E-state index contributed by atoms with van der Waals surface area (Å²) in [5, 5.41) is 4.36. The van der Waals surface area contributed by atoms with Crippen LogP contribution in [0.2, 0.25) is 0 Å². The Morgan fingerprint density at radius 2 is 1.84 bits per heavy atom. The second-order valence-corrected chi connectivity index (χ2v) is 4.60. The molecule has 6 heteroatoms. The van der Waals surface area contributed by atoms with E-state index in [1.54, 1.807) is 17.7 Å². The number of anilines is 1. The summed E-state index contributed by atoms with van der Waals surface area (Å²) >= 11 is 0. The van der Waals surface area contributed by atoms with Crippen LogP contribution in [0.15, 0.2) is 6.07 Å². The predicted molar refractivity (Wildman–Crippen MR) is 73.2 cm³/mol. The zero-order valence-electron chi connectivity index (χ0n) is 11.5. The van der Waals surface area contributed by atoms with Crippen molar-refractivity contribution in [3.63, 3.8) is 0 Å². The van der Waals surface area contributed by atoms with Crippen LogP contribution in [0, 0.1) is 27.7 Å². The Bertz CT molecular complexity index is 672. The molecule has 0 fully saturated rings. The minimum absolute atomic E-state index is 0.371. The fourth-order valence-electron chi connectivity index (χ4n) is 2.17. The average molecular weight is 259 g/mol. The summed E-state index contributed by atoms with van der Waals surface area (Å²) in [7, 11) is 0.